The Morgan fingerprint density at radius 3 is 2.76 bits per heavy atom. The molecule has 2 aliphatic heterocycles. The summed E-state index contributed by atoms with van der Waals surface area (Å²) in [5.41, 5.74) is 0. The van der Waals surface area contributed by atoms with Crippen LogP contribution in [0.1, 0.15) is 38.5 Å². The number of benzene rings is 1. The number of carbonyl (C=O) groups is 1. The summed E-state index contributed by atoms with van der Waals surface area (Å²) in [6.45, 7) is 0.229. The molecular weight excluding hydrogens is 483 g/mol. The van der Waals surface area contributed by atoms with E-state index >= 15 is 0 Å². The van der Waals surface area contributed by atoms with Gasteiger partial charge in [-0.1, -0.05) is 24.3 Å². The summed E-state index contributed by atoms with van der Waals surface area (Å²) in [4.78, 5) is 10.6. The van der Waals surface area contributed by atoms with E-state index in [1.807, 2.05) is 30.3 Å². The average molecular weight is 512 g/mol. The van der Waals surface area contributed by atoms with E-state index in [9.17, 15) is 9.90 Å². The number of carboxylic acid groups (broad SMARTS) is 1. The summed E-state index contributed by atoms with van der Waals surface area (Å²) < 4.78 is 12.9. The van der Waals surface area contributed by atoms with Crippen molar-refractivity contribution in [3.8, 4) is 5.75 Å². The Morgan fingerprint density at radius 2 is 2.00 bits per heavy atom. The van der Waals surface area contributed by atoms with Crippen LogP contribution in [0.3, 0.4) is 0 Å². The van der Waals surface area contributed by atoms with Crippen LogP contribution in [0.2, 0.25) is 0 Å². The third-order valence-electron chi connectivity index (χ3n) is 5.61. The highest BCUT2D eigenvalue weighted by Gasteiger charge is 2.46. The van der Waals surface area contributed by atoms with Gasteiger partial charge in [0.25, 0.3) is 0 Å². The van der Waals surface area contributed by atoms with Crippen molar-refractivity contribution in [2.75, 3.05) is 6.61 Å². The van der Waals surface area contributed by atoms with Crippen LogP contribution in [0.15, 0.2) is 48.6 Å². The SMILES string of the molecule is O=C(O)CCCC=CCC1C2CCC(O2)C1C=CC(O)COc1ccc(I)cc1. The van der Waals surface area contributed by atoms with Crippen molar-refractivity contribution in [3.05, 3.63) is 52.1 Å². The van der Waals surface area contributed by atoms with Gasteiger partial charge in [-0.2, -0.15) is 0 Å². The van der Waals surface area contributed by atoms with E-state index in [-0.39, 0.29) is 19.1 Å². The second-order valence-electron chi connectivity index (χ2n) is 7.74. The molecule has 0 radical (unpaired) electrons. The lowest BCUT2D eigenvalue weighted by molar-refractivity contribution is -0.137. The lowest BCUT2D eigenvalue weighted by Crippen LogP contribution is -2.26. The van der Waals surface area contributed by atoms with E-state index in [1.165, 1.54) is 0 Å². The lowest BCUT2D eigenvalue weighted by atomic mass is 9.77. The van der Waals surface area contributed by atoms with Crippen molar-refractivity contribution >= 4 is 28.6 Å². The highest BCUT2D eigenvalue weighted by atomic mass is 127. The number of unbranched alkanes of at least 4 members (excludes halogenated alkanes) is 1. The zero-order chi connectivity index (χ0) is 20.6. The summed E-state index contributed by atoms with van der Waals surface area (Å²) in [6.07, 6.45) is 12.9. The van der Waals surface area contributed by atoms with Gasteiger partial charge in [0.1, 0.15) is 18.5 Å². The van der Waals surface area contributed by atoms with Crippen molar-refractivity contribution in [1.82, 2.24) is 0 Å². The standard InChI is InChI=1S/C23H29IO5/c24-16-7-10-18(11-8-16)28-15-17(25)9-12-20-19(21-13-14-22(20)29-21)5-3-1-2-4-6-23(26)27/h1,3,7-12,17,19-22,25H,2,4-6,13-15H2,(H,26,27). The second-order valence-corrected chi connectivity index (χ2v) is 8.99. The zero-order valence-electron chi connectivity index (χ0n) is 16.5. The molecule has 3 rings (SSSR count). The highest BCUT2D eigenvalue weighted by molar-refractivity contribution is 14.1. The normalized spacial score (nSPS) is 27.1. The monoisotopic (exact) mass is 512 g/mol. The van der Waals surface area contributed by atoms with Gasteiger partial charge >= 0.3 is 5.97 Å². The number of aliphatic hydroxyl groups is 1. The fourth-order valence-corrected chi connectivity index (χ4v) is 4.51. The predicted molar refractivity (Wildman–Crippen MR) is 120 cm³/mol. The molecule has 0 saturated carbocycles. The maximum Gasteiger partial charge on any atom is 0.303 e. The third-order valence-corrected chi connectivity index (χ3v) is 6.33. The molecule has 2 fully saturated rings. The van der Waals surface area contributed by atoms with Crippen LogP contribution in [0.25, 0.3) is 0 Å². The van der Waals surface area contributed by atoms with Gasteiger partial charge in [-0.15, -0.1) is 0 Å². The number of carboxylic acids is 1. The van der Waals surface area contributed by atoms with Gasteiger partial charge in [0.15, 0.2) is 0 Å². The summed E-state index contributed by atoms with van der Waals surface area (Å²) in [5, 5.41) is 19.0. The molecule has 158 valence electrons. The first-order valence-corrected chi connectivity index (χ1v) is 11.4. The molecule has 1 aromatic rings. The molecule has 5 unspecified atom stereocenters. The van der Waals surface area contributed by atoms with Crippen LogP contribution in [-0.2, 0) is 9.53 Å². The average Bonchev–Trinajstić information content (AvgIpc) is 3.30. The van der Waals surface area contributed by atoms with Gasteiger partial charge in [-0.25, -0.2) is 0 Å². The minimum absolute atomic E-state index is 0.217. The number of fused-ring (bicyclic) bond motifs is 2. The van der Waals surface area contributed by atoms with Crippen LogP contribution in [0.4, 0.5) is 0 Å². The Bertz CT molecular complexity index is 714. The molecule has 2 aliphatic rings. The molecule has 0 amide bonds. The molecule has 5 nitrogen and oxygen atoms in total. The number of hydrogen-bond acceptors (Lipinski definition) is 4. The molecule has 29 heavy (non-hydrogen) atoms. The van der Waals surface area contributed by atoms with E-state index in [1.54, 1.807) is 0 Å². The summed E-state index contributed by atoms with van der Waals surface area (Å²) in [6, 6.07) is 7.76. The van der Waals surface area contributed by atoms with Crippen molar-refractivity contribution in [3.63, 3.8) is 0 Å². The number of hydrogen-bond donors (Lipinski definition) is 2. The van der Waals surface area contributed by atoms with Crippen LogP contribution in [-0.4, -0.2) is 41.1 Å². The fraction of sp³-hybridized carbons (Fsp3) is 0.522. The second kappa shape index (κ2) is 11.1. The molecule has 0 spiro atoms. The number of ether oxygens (including phenoxy) is 2. The van der Waals surface area contributed by atoms with E-state index < -0.39 is 12.1 Å². The Morgan fingerprint density at radius 1 is 1.24 bits per heavy atom. The number of aliphatic carboxylic acids is 1. The molecule has 2 bridgehead atoms. The predicted octanol–water partition coefficient (Wildman–Crippen LogP) is 4.58. The minimum atomic E-state index is -0.741. The Hall–Kier alpha value is -1.38. The molecule has 2 heterocycles. The van der Waals surface area contributed by atoms with Gasteiger partial charge in [-0.3, -0.25) is 4.79 Å². The first-order valence-electron chi connectivity index (χ1n) is 10.3. The number of allylic oxidation sites excluding steroid dienone is 2. The molecule has 2 N–H and O–H groups in total. The summed E-state index contributed by atoms with van der Waals surface area (Å²) in [7, 11) is 0. The van der Waals surface area contributed by atoms with Gasteiger partial charge in [0.2, 0.25) is 0 Å². The van der Waals surface area contributed by atoms with Gasteiger partial charge in [0.05, 0.1) is 12.2 Å². The molecule has 0 aromatic heterocycles. The van der Waals surface area contributed by atoms with Gasteiger partial charge in [0, 0.05) is 15.9 Å². The molecule has 5 atom stereocenters. The maximum atomic E-state index is 10.6. The molecular formula is C23H29IO5. The van der Waals surface area contributed by atoms with E-state index in [4.69, 9.17) is 14.6 Å². The lowest BCUT2D eigenvalue weighted by Gasteiger charge is -2.25. The summed E-state index contributed by atoms with van der Waals surface area (Å²) >= 11 is 2.25. The Balaban J connectivity index is 1.46. The maximum absolute atomic E-state index is 10.6. The smallest absolute Gasteiger partial charge is 0.303 e. The summed E-state index contributed by atoms with van der Waals surface area (Å²) in [5.74, 6) is 0.747. The van der Waals surface area contributed by atoms with Gasteiger partial charge < -0.3 is 19.7 Å². The molecule has 1 aromatic carbocycles. The first-order chi connectivity index (χ1) is 14.0. The number of aliphatic hydroxyl groups excluding tert-OH is 1. The topological polar surface area (TPSA) is 76.0 Å². The molecule has 2 saturated heterocycles. The Labute approximate surface area is 185 Å². The highest BCUT2D eigenvalue weighted by Crippen LogP contribution is 2.45. The van der Waals surface area contributed by atoms with Crippen LogP contribution < -0.4 is 4.74 Å². The van der Waals surface area contributed by atoms with Crippen molar-refractivity contribution in [2.24, 2.45) is 11.8 Å². The quantitative estimate of drug-likeness (QED) is 0.258. The molecule has 0 aliphatic carbocycles. The number of rotatable bonds is 11. The largest absolute Gasteiger partial charge is 0.491 e. The van der Waals surface area contributed by atoms with Crippen molar-refractivity contribution < 1.29 is 24.5 Å². The van der Waals surface area contributed by atoms with E-state index in [2.05, 4.69) is 40.8 Å². The number of halogens is 1. The van der Waals surface area contributed by atoms with Crippen molar-refractivity contribution in [1.29, 1.82) is 0 Å². The van der Waals surface area contributed by atoms with Crippen LogP contribution >= 0.6 is 22.6 Å². The minimum Gasteiger partial charge on any atom is -0.491 e. The Kier molecular flexibility index (Phi) is 8.56. The fourth-order valence-electron chi connectivity index (χ4n) is 4.15. The van der Waals surface area contributed by atoms with Crippen LogP contribution in [0, 0.1) is 15.4 Å². The third kappa shape index (κ3) is 6.83. The first kappa shape index (κ1) is 22.3. The van der Waals surface area contributed by atoms with Crippen LogP contribution in [0.5, 0.6) is 5.75 Å². The van der Waals surface area contributed by atoms with Crippen molar-refractivity contribution in [2.45, 2.75) is 56.8 Å². The molecule has 6 heteroatoms. The van der Waals surface area contributed by atoms with E-state index in [0.717, 1.165) is 35.0 Å². The zero-order valence-corrected chi connectivity index (χ0v) is 18.6. The van der Waals surface area contributed by atoms with Gasteiger partial charge in [-0.05, 0) is 84.9 Å². The van der Waals surface area contributed by atoms with E-state index in [0.29, 0.717) is 24.4 Å².